The van der Waals surface area contributed by atoms with E-state index in [0.29, 0.717) is 18.1 Å². The molecule has 0 aliphatic rings. The molecule has 90 valence electrons. The van der Waals surface area contributed by atoms with Crippen molar-refractivity contribution in [3.63, 3.8) is 0 Å². The molecule has 2 rings (SSSR count). The summed E-state index contributed by atoms with van der Waals surface area (Å²) in [4.78, 5) is 0. The fraction of sp³-hybridized carbons (Fsp3) is 0.300. The van der Waals surface area contributed by atoms with Crippen molar-refractivity contribution in [3.8, 4) is 5.75 Å². The van der Waals surface area contributed by atoms with Crippen molar-refractivity contribution in [1.29, 1.82) is 0 Å². The van der Waals surface area contributed by atoms with Crippen LogP contribution in [0.1, 0.15) is 0 Å². The summed E-state index contributed by atoms with van der Waals surface area (Å²) in [6.45, 7) is 0.473. The van der Waals surface area contributed by atoms with Crippen molar-refractivity contribution in [3.05, 3.63) is 30.1 Å². The Balaban J connectivity index is 1.75. The fourth-order valence-corrected chi connectivity index (χ4v) is 1.86. The molecule has 0 bridgehead atoms. The fourth-order valence-electron chi connectivity index (χ4n) is 1.19. The second kappa shape index (κ2) is 5.62. The molecule has 0 radical (unpaired) electrons. The van der Waals surface area contributed by atoms with Gasteiger partial charge in [0.05, 0.1) is 6.61 Å². The van der Waals surface area contributed by atoms with Crippen molar-refractivity contribution in [2.24, 2.45) is 7.05 Å². The number of benzene rings is 1. The van der Waals surface area contributed by atoms with Crippen LogP contribution >= 0.6 is 11.8 Å². The zero-order valence-electron chi connectivity index (χ0n) is 9.21. The third kappa shape index (κ3) is 3.42. The highest BCUT2D eigenvalue weighted by Crippen LogP contribution is 2.15. The number of halogens is 1. The second-order valence-electron chi connectivity index (χ2n) is 3.24. The number of thioether (sulfide) groups is 1. The van der Waals surface area contributed by atoms with Gasteiger partial charge >= 0.3 is 0 Å². The number of nitrogens with zero attached hydrogens (tertiary/aromatic N) is 4. The summed E-state index contributed by atoms with van der Waals surface area (Å²) in [5, 5.41) is 11.8. The smallest absolute Gasteiger partial charge is 0.209 e. The molecule has 0 amide bonds. The van der Waals surface area contributed by atoms with Gasteiger partial charge in [-0.05, 0) is 22.6 Å². The van der Waals surface area contributed by atoms with Gasteiger partial charge in [0.2, 0.25) is 5.16 Å². The Bertz CT molecular complexity index is 491. The molecule has 0 aliphatic carbocycles. The van der Waals surface area contributed by atoms with E-state index in [1.54, 1.807) is 23.9 Å². The monoisotopic (exact) mass is 254 g/mol. The molecule has 0 spiro atoms. The first-order chi connectivity index (χ1) is 8.25. The number of ether oxygens (including phenoxy) is 1. The van der Waals surface area contributed by atoms with Gasteiger partial charge in [-0.1, -0.05) is 17.8 Å². The lowest BCUT2D eigenvalue weighted by Gasteiger charge is -2.05. The van der Waals surface area contributed by atoms with E-state index in [0.717, 1.165) is 5.16 Å². The number of tetrazole rings is 1. The maximum atomic E-state index is 12.8. The molecule has 0 unspecified atom stereocenters. The summed E-state index contributed by atoms with van der Waals surface area (Å²) in [6.07, 6.45) is 0. The van der Waals surface area contributed by atoms with E-state index >= 15 is 0 Å². The lowest BCUT2D eigenvalue weighted by atomic mass is 10.3. The molecule has 0 aliphatic heterocycles. The van der Waals surface area contributed by atoms with Crippen molar-refractivity contribution in [2.75, 3.05) is 12.4 Å². The minimum absolute atomic E-state index is 0.298. The maximum Gasteiger partial charge on any atom is 0.209 e. The number of aromatic nitrogens is 4. The zero-order valence-corrected chi connectivity index (χ0v) is 10.0. The molecule has 0 N–H and O–H groups in total. The van der Waals surface area contributed by atoms with Gasteiger partial charge in [-0.15, -0.1) is 5.10 Å². The van der Waals surface area contributed by atoms with Crippen LogP contribution in [0.3, 0.4) is 0 Å². The van der Waals surface area contributed by atoms with Crippen molar-refractivity contribution < 1.29 is 9.13 Å². The van der Waals surface area contributed by atoms with Crippen LogP contribution in [0.2, 0.25) is 0 Å². The van der Waals surface area contributed by atoms with Gasteiger partial charge in [0.15, 0.2) is 0 Å². The molecule has 7 heteroatoms. The van der Waals surface area contributed by atoms with Crippen LogP contribution in [0.15, 0.2) is 29.4 Å². The SMILES string of the molecule is Cn1nnnc1SCCOc1cccc(F)c1. The molecule has 2 aromatic rings. The normalized spacial score (nSPS) is 10.5. The Kier molecular flexibility index (Phi) is 3.92. The number of aryl methyl sites for hydroxylation is 1. The van der Waals surface area contributed by atoms with E-state index in [1.807, 2.05) is 0 Å². The van der Waals surface area contributed by atoms with Crippen LogP contribution in [-0.2, 0) is 7.05 Å². The molecule has 0 fully saturated rings. The highest BCUT2D eigenvalue weighted by atomic mass is 32.2. The minimum atomic E-state index is -0.298. The first-order valence-corrected chi connectivity index (χ1v) is 5.98. The molecule has 0 saturated heterocycles. The molecule has 0 saturated carbocycles. The van der Waals surface area contributed by atoms with E-state index in [2.05, 4.69) is 15.5 Å². The van der Waals surface area contributed by atoms with Gasteiger partial charge in [-0.25, -0.2) is 9.07 Å². The molecule has 1 aromatic carbocycles. The summed E-state index contributed by atoms with van der Waals surface area (Å²) in [5.74, 6) is 0.930. The molecule has 1 aromatic heterocycles. The Morgan fingerprint density at radius 2 is 2.35 bits per heavy atom. The van der Waals surface area contributed by atoms with Gasteiger partial charge in [0, 0.05) is 18.9 Å². The Labute approximate surface area is 102 Å². The van der Waals surface area contributed by atoms with Crippen LogP contribution < -0.4 is 4.74 Å². The lowest BCUT2D eigenvalue weighted by molar-refractivity contribution is 0.342. The molecule has 5 nitrogen and oxygen atoms in total. The quantitative estimate of drug-likeness (QED) is 0.598. The van der Waals surface area contributed by atoms with Crippen molar-refractivity contribution >= 4 is 11.8 Å². The van der Waals surface area contributed by atoms with Crippen LogP contribution in [0.4, 0.5) is 4.39 Å². The first kappa shape index (κ1) is 11.8. The van der Waals surface area contributed by atoms with Crippen molar-refractivity contribution in [2.45, 2.75) is 5.16 Å². The van der Waals surface area contributed by atoms with E-state index in [-0.39, 0.29) is 5.82 Å². The molecule has 1 heterocycles. The summed E-state index contributed by atoms with van der Waals surface area (Å²) in [5.41, 5.74) is 0. The summed E-state index contributed by atoms with van der Waals surface area (Å²) in [7, 11) is 1.77. The number of hydrogen-bond donors (Lipinski definition) is 0. The summed E-state index contributed by atoms with van der Waals surface area (Å²) >= 11 is 1.49. The van der Waals surface area contributed by atoms with E-state index < -0.39 is 0 Å². The summed E-state index contributed by atoms with van der Waals surface area (Å²) in [6, 6.07) is 6.07. The Hall–Kier alpha value is -1.63. The van der Waals surface area contributed by atoms with Gasteiger partial charge in [0.1, 0.15) is 11.6 Å². The van der Waals surface area contributed by atoms with Crippen LogP contribution in [0, 0.1) is 5.82 Å². The minimum Gasteiger partial charge on any atom is -0.493 e. The Morgan fingerprint density at radius 3 is 3.06 bits per heavy atom. The average Bonchev–Trinajstić information content (AvgIpc) is 2.71. The first-order valence-electron chi connectivity index (χ1n) is 4.99. The molecule has 0 atom stereocenters. The van der Waals surface area contributed by atoms with Crippen LogP contribution in [0.25, 0.3) is 0 Å². The van der Waals surface area contributed by atoms with Gasteiger partial charge in [-0.3, -0.25) is 0 Å². The average molecular weight is 254 g/mol. The number of rotatable bonds is 5. The third-order valence-corrected chi connectivity index (χ3v) is 2.94. The highest BCUT2D eigenvalue weighted by Gasteiger charge is 2.02. The van der Waals surface area contributed by atoms with Crippen molar-refractivity contribution in [1.82, 2.24) is 20.2 Å². The van der Waals surface area contributed by atoms with Crippen LogP contribution in [-0.4, -0.2) is 32.6 Å². The predicted molar refractivity (Wildman–Crippen MR) is 61.4 cm³/mol. The second-order valence-corrected chi connectivity index (χ2v) is 4.30. The van der Waals surface area contributed by atoms with Gasteiger partial charge in [0.25, 0.3) is 0 Å². The largest absolute Gasteiger partial charge is 0.493 e. The predicted octanol–water partition coefficient (Wildman–Crippen LogP) is 1.52. The molecule has 17 heavy (non-hydrogen) atoms. The zero-order chi connectivity index (χ0) is 12.1. The van der Waals surface area contributed by atoms with Gasteiger partial charge < -0.3 is 4.74 Å². The topological polar surface area (TPSA) is 52.8 Å². The summed E-state index contributed by atoms with van der Waals surface area (Å²) < 4.78 is 19.8. The third-order valence-electron chi connectivity index (χ3n) is 1.96. The molecular weight excluding hydrogens is 243 g/mol. The number of hydrogen-bond acceptors (Lipinski definition) is 5. The molecular formula is C10H11FN4OS. The van der Waals surface area contributed by atoms with E-state index in [1.165, 1.54) is 23.9 Å². The maximum absolute atomic E-state index is 12.8. The van der Waals surface area contributed by atoms with Gasteiger partial charge in [-0.2, -0.15) is 0 Å². The highest BCUT2D eigenvalue weighted by molar-refractivity contribution is 7.99. The Morgan fingerprint density at radius 1 is 1.47 bits per heavy atom. The van der Waals surface area contributed by atoms with E-state index in [4.69, 9.17) is 4.74 Å². The lowest BCUT2D eigenvalue weighted by Crippen LogP contribution is -2.02. The van der Waals surface area contributed by atoms with Crippen LogP contribution in [0.5, 0.6) is 5.75 Å². The standard InChI is InChI=1S/C10H11FN4OS/c1-15-10(12-13-14-15)17-6-5-16-9-4-2-3-8(11)7-9/h2-4,7H,5-6H2,1H3. The van der Waals surface area contributed by atoms with E-state index in [9.17, 15) is 4.39 Å².